The SMILES string of the molecule is O=[C]NC1CNCCCN1. The Morgan fingerprint density at radius 1 is 1.50 bits per heavy atom. The molecule has 0 aromatic rings. The Morgan fingerprint density at radius 3 is 3.20 bits per heavy atom. The van der Waals surface area contributed by atoms with Crippen LogP contribution in [0.15, 0.2) is 0 Å². The largest absolute Gasteiger partial charge is 0.331 e. The standard InChI is InChI=1S/C6H12N3O/c10-5-9-6-4-7-2-1-3-8-6/h6-8H,1-4H2,(H,9,10). The first-order valence-electron chi connectivity index (χ1n) is 3.50. The molecule has 1 amide bonds. The topological polar surface area (TPSA) is 53.2 Å². The van der Waals surface area contributed by atoms with Crippen molar-refractivity contribution in [2.45, 2.75) is 12.6 Å². The molecule has 1 aliphatic rings. The first-order chi connectivity index (χ1) is 4.93. The van der Waals surface area contributed by atoms with Gasteiger partial charge in [-0.25, -0.2) is 0 Å². The molecular weight excluding hydrogens is 130 g/mol. The van der Waals surface area contributed by atoms with E-state index in [1.807, 2.05) is 0 Å². The number of carbonyl (C=O) groups excluding carboxylic acids is 1. The molecule has 57 valence electrons. The molecule has 0 bridgehead atoms. The van der Waals surface area contributed by atoms with Gasteiger partial charge >= 0.3 is 6.41 Å². The Labute approximate surface area is 60.4 Å². The minimum atomic E-state index is 0.0556. The van der Waals surface area contributed by atoms with Crippen molar-refractivity contribution in [2.24, 2.45) is 0 Å². The molecule has 0 aromatic heterocycles. The molecule has 0 spiro atoms. The number of nitrogens with one attached hydrogen (secondary N) is 3. The molecule has 4 heteroatoms. The van der Waals surface area contributed by atoms with Crippen molar-refractivity contribution in [1.29, 1.82) is 0 Å². The summed E-state index contributed by atoms with van der Waals surface area (Å²) in [5.41, 5.74) is 0. The van der Waals surface area contributed by atoms with Crippen molar-refractivity contribution in [3.8, 4) is 0 Å². The van der Waals surface area contributed by atoms with Crippen molar-refractivity contribution < 1.29 is 4.79 Å². The predicted octanol–water partition coefficient (Wildman–Crippen LogP) is -1.45. The van der Waals surface area contributed by atoms with E-state index in [0.29, 0.717) is 0 Å². The average Bonchev–Trinajstić information content (AvgIpc) is 2.17. The monoisotopic (exact) mass is 142 g/mol. The van der Waals surface area contributed by atoms with Crippen LogP contribution in [0, 0.1) is 0 Å². The van der Waals surface area contributed by atoms with Gasteiger partial charge < -0.3 is 10.6 Å². The molecule has 0 saturated carbocycles. The highest BCUT2D eigenvalue weighted by Gasteiger charge is 2.07. The second kappa shape index (κ2) is 4.24. The molecule has 1 saturated heterocycles. The lowest BCUT2D eigenvalue weighted by molar-refractivity contribution is 0.468. The van der Waals surface area contributed by atoms with Gasteiger partial charge in [0.25, 0.3) is 0 Å². The second-order valence-corrected chi connectivity index (χ2v) is 2.31. The fourth-order valence-electron chi connectivity index (χ4n) is 0.981. The zero-order chi connectivity index (χ0) is 7.23. The molecule has 1 fully saturated rings. The van der Waals surface area contributed by atoms with Crippen molar-refractivity contribution in [3.63, 3.8) is 0 Å². The van der Waals surface area contributed by atoms with Gasteiger partial charge in [-0.2, -0.15) is 0 Å². The van der Waals surface area contributed by atoms with Gasteiger partial charge in [0.05, 0.1) is 6.17 Å². The van der Waals surface area contributed by atoms with Gasteiger partial charge in [-0.15, -0.1) is 0 Å². The maximum atomic E-state index is 9.88. The van der Waals surface area contributed by atoms with Crippen LogP contribution in [0.5, 0.6) is 0 Å². The van der Waals surface area contributed by atoms with Crippen LogP contribution in [0.4, 0.5) is 0 Å². The fraction of sp³-hybridized carbons (Fsp3) is 0.833. The van der Waals surface area contributed by atoms with Gasteiger partial charge in [-0.3, -0.25) is 10.1 Å². The Kier molecular flexibility index (Phi) is 3.18. The normalized spacial score (nSPS) is 27.0. The molecule has 4 nitrogen and oxygen atoms in total. The van der Waals surface area contributed by atoms with Gasteiger partial charge in [0, 0.05) is 6.54 Å². The molecule has 1 atom stereocenters. The number of rotatable bonds is 2. The Hall–Kier alpha value is -0.610. The molecule has 10 heavy (non-hydrogen) atoms. The Bertz CT molecular complexity index is 99.2. The molecule has 1 rings (SSSR count). The summed E-state index contributed by atoms with van der Waals surface area (Å²) in [7, 11) is 0. The highest BCUT2D eigenvalue weighted by molar-refractivity contribution is 5.47. The first kappa shape index (κ1) is 7.50. The lowest BCUT2D eigenvalue weighted by Crippen LogP contribution is -2.46. The average molecular weight is 142 g/mol. The van der Waals surface area contributed by atoms with Crippen LogP contribution in [-0.4, -0.2) is 32.2 Å². The van der Waals surface area contributed by atoms with Crippen LogP contribution >= 0.6 is 0 Å². The zero-order valence-corrected chi connectivity index (χ0v) is 5.81. The van der Waals surface area contributed by atoms with Crippen LogP contribution in [0.25, 0.3) is 0 Å². The minimum absolute atomic E-state index is 0.0556. The van der Waals surface area contributed by atoms with Gasteiger partial charge in [0.1, 0.15) is 0 Å². The van der Waals surface area contributed by atoms with Crippen molar-refractivity contribution in [3.05, 3.63) is 0 Å². The third-order valence-corrected chi connectivity index (χ3v) is 1.50. The summed E-state index contributed by atoms with van der Waals surface area (Å²) in [6.07, 6.45) is 2.83. The number of amides is 1. The van der Waals surface area contributed by atoms with Crippen LogP contribution in [-0.2, 0) is 4.79 Å². The summed E-state index contributed by atoms with van der Waals surface area (Å²) in [4.78, 5) is 9.88. The maximum Gasteiger partial charge on any atom is 0.310 e. The molecule has 1 radical (unpaired) electrons. The lowest BCUT2D eigenvalue weighted by atomic mass is 10.4. The predicted molar refractivity (Wildman–Crippen MR) is 38.1 cm³/mol. The quantitative estimate of drug-likeness (QED) is 0.414. The van der Waals surface area contributed by atoms with Crippen molar-refractivity contribution in [1.82, 2.24) is 16.0 Å². The molecule has 1 aliphatic heterocycles. The van der Waals surface area contributed by atoms with E-state index >= 15 is 0 Å². The van der Waals surface area contributed by atoms with E-state index in [0.717, 1.165) is 26.1 Å². The minimum Gasteiger partial charge on any atom is -0.331 e. The number of hydrogen-bond acceptors (Lipinski definition) is 3. The van der Waals surface area contributed by atoms with E-state index < -0.39 is 0 Å². The molecule has 0 aromatic carbocycles. The second-order valence-electron chi connectivity index (χ2n) is 2.31. The third-order valence-electron chi connectivity index (χ3n) is 1.50. The van der Waals surface area contributed by atoms with E-state index in [1.54, 1.807) is 6.41 Å². The number of hydrogen-bond donors (Lipinski definition) is 3. The first-order valence-corrected chi connectivity index (χ1v) is 3.50. The third kappa shape index (κ3) is 2.33. The Morgan fingerprint density at radius 2 is 2.40 bits per heavy atom. The molecule has 1 unspecified atom stereocenters. The summed E-state index contributed by atoms with van der Waals surface area (Å²) < 4.78 is 0. The van der Waals surface area contributed by atoms with Gasteiger partial charge in [0.2, 0.25) is 0 Å². The summed E-state index contributed by atoms with van der Waals surface area (Å²) in [6.45, 7) is 2.76. The summed E-state index contributed by atoms with van der Waals surface area (Å²) in [5.74, 6) is 0. The van der Waals surface area contributed by atoms with E-state index in [-0.39, 0.29) is 6.17 Å². The summed E-state index contributed by atoms with van der Waals surface area (Å²) in [5, 5.41) is 8.87. The van der Waals surface area contributed by atoms with E-state index in [2.05, 4.69) is 16.0 Å². The molecular formula is C6H12N3O. The zero-order valence-electron chi connectivity index (χ0n) is 5.81. The van der Waals surface area contributed by atoms with Gasteiger partial charge in [-0.1, -0.05) is 0 Å². The fourth-order valence-corrected chi connectivity index (χ4v) is 0.981. The van der Waals surface area contributed by atoms with E-state index in [9.17, 15) is 4.79 Å². The van der Waals surface area contributed by atoms with E-state index in [4.69, 9.17) is 0 Å². The highest BCUT2D eigenvalue weighted by atomic mass is 16.1. The smallest absolute Gasteiger partial charge is 0.310 e. The highest BCUT2D eigenvalue weighted by Crippen LogP contribution is 1.83. The van der Waals surface area contributed by atoms with Crippen molar-refractivity contribution in [2.75, 3.05) is 19.6 Å². The van der Waals surface area contributed by atoms with Crippen LogP contribution in [0.1, 0.15) is 6.42 Å². The maximum absolute atomic E-state index is 9.88. The molecule has 0 aliphatic carbocycles. The summed E-state index contributed by atoms with van der Waals surface area (Å²) in [6, 6.07) is 0. The Balaban J connectivity index is 2.21. The molecule has 1 heterocycles. The van der Waals surface area contributed by atoms with E-state index in [1.165, 1.54) is 0 Å². The van der Waals surface area contributed by atoms with Gasteiger partial charge in [-0.05, 0) is 19.5 Å². The van der Waals surface area contributed by atoms with Crippen LogP contribution in [0.2, 0.25) is 0 Å². The van der Waals surface area contributed by atoms with Crippen LogP contribution < -0.4 is 16.0 Å². The molecule has 3 N–H and O–H groups in total. The van der Waals surface area contributed by atoms with Gasteiger partial charge in [0.15, 0.2) is 0 Å². The lowest BCUT2D eigenvalue weighted by Gasteiger charge is -2.12. The summed E-state index contributed by atoms with van der Waals surface area (Å²) >= 11 is 0. The van der Waals surface area contributed by atoms with Crippen molar-refractivity contribution >= 4 is 6.41 Å². The van der Waals surface area contributed by atoms with Crippen LogP contribution in [0.3, 0.4) is 0 Å².